The molecule has 0 saturated heterocycles. The smallest absolute Gasteiger partial charge is 0.268 e. The van der Waals surface area contributed by atoms with Gasteiger partial charge in [-0.15, -0.1) is 0 Å². The van der Waals surface area contributed by atoms with Crippen LogP contribution in [-0.2, 0) is 0 Å². The van der Waals surface area contributed by atoms with Crippen LogP contribution >= 0.6 is 11.6 Å². The highest BCUT2D eigenvalue weighted by atomic mass is 35.5. The van der Waals surface area contributed by atoms with Gasteiger partial charge >= 0.3 is 0 Å². The van der Waals surface area contributed by atoms with Crippen LogP contribution < -0.4 is 10.6 Å². The number of amides is 1. The van der Waals surface area contributed by atoms with E-state index in [9.17, 15) is 9.90 Å². The van der Waals surface area contributed by atoms with Gasteiger partial charge in [0.2, 0.25) is 5.95 Å². The molecule has 8 heteroatoms. The van der Waals surface area contributed by atoms with Gasteiger partial charge < -0.3 is 20.7 Å². The second-order valence-electron chi connectivity index (χ2n) is 7.97. The summed E-state index contributed by atoms with van der Waals surface area (Å²) in [5.41, 5.74) is 3.54. The Morgan fingerprint density at radius 1 is 1.26 bits per heavy atom. The monoisotopic (exact) mass is 441 g/mol. The van der Waals surface area contributed by atoms with Crippen LogP contribution in [0.3, 0.4) is 0 Å². The minimum Gasteiger partial charge on any atom is -0.394 e. The Labute approximate surface area is 187 Å². The van der Waals surface area contributed by atoms with Crippen molar-refractivity contribution < 1.29 is 9.90 Å². The first kappa shape index (κ1) is 22.8. The minimum absolute atomic E-state index is 0.227. The first-order chi connectivity index (χ1) is 14.8. The van der Waals surface area contributed by atoms with Gasteiger partial charge in [0.1, 0.15) is 5.69 Å². The Kier molecular flexibility index (Phi) is 7.30. The predicted octanol–water partition coefficient (Wildman–Crippen LogP) is 4.35. The van der Waals surface area contributed by atoms with Gasteiger partial charge in [-0.3, -0.25) is 4.79 Å². The van der Waals surface area contributed by atoms with Gasteiger partial charge in [0.25, 0.3) is 5.91 Å². The Hall–Kier alpha value is -2.90. The first-order valence-corrected chi connectivity index (χ1v) is 10.6. The second kappa shape index (κ2) is 9.94. The number of aromatic amines is 1. The summed E-state index contributed by atoms with van der Waals surface area (Å²) in [5.74, 6) is 0.661. The molecule has 2 aromatic heterocycles. The number of carbonyl (C=O) groups excluding carboxylic acids is 1. The Bertz CT molecular complexity index is 1050. The van der Waals surface area contributed by atoms with Crippen molar-refractivity contribution in [1.82, 2.24) is 20.3 Å². The zero-order valence-electron chi connectivity index (χ0n) is 18.1. The molecule has 0 radical (unpaired) electrons. The highest BCUT2D eigenvalue weighted by molar-refractivity contribution is 6.30. The van der Waals surface area contributed by atoms with Crippen LogP contribution in [-0.4, -0.2) is 38.6 Å². The van der Waals surface area contributed by atoms with E-state index in [0.717, 1.165) is 22.4 Å². The van der Waals surface area contributed by atoms with Crippen LogP contribution in [0.1, 0.15) is 48.4 Å². The highest BCUT2D eigenvalue weighted by Crippen LogP contribution is 2.24. The molecule has 1 aromatic carbocycles. The second-order valence-corrected chi connectivity index (χ2v) is 8.40. The Balaban J connectivity index is 1.78. The third kappa shape index (κ3) is 5.62. The summed E-state index contributed by atoms with van der Waals surface area (Å²) in [6, 6.07) is 8.46. The number of anilines is 1. The molecule has 4 N–H and O–H groups in total. The number of hydrogen-bond acceptors (Lipinski definition) is 5. The third-order valence-electron chi connectivity index (χ3n) is 5.27. The molecule has 1 amide bonds. The summed E-state index contributed by atoms with van der Waals surface area (Å²) < 4.78 is 0. The maximum absolute atomic E-state index is 12.8. The van der Waals surface area contributed by atoms with Crippen molar-refractivity contribution in [2.75, 3.05) is 11.9 Å². The first-order valence-electron chi connectivity index (χ1n) is 10.2. The quantitative estimate of drug-likeness (QED) is 0.416. The molecule has 164 valence electrons. The van der Waals surface area contributed by atoms with E-state index in [0.29, 0.717) is 22.6 Å². The third-order valence-corrected chi connectivity index (χ3v) is 5.50. The maximum atomic E-state index is 12.8. The number of H-pyrrole nitrogens is 1. The fourth-order valence-corrected chi connectivity index (χ4v) is 3.23. The van der Waals surface area contributed by atoms with Gasteiger partial charge in [0.05, 0.1) is 18.3 Å². The largest absolute Gasteiger partial charge is 0.394 e. The van der Waals surface area contributed by atoms with E-state index < -0.39 is 6.04 Å². The van der Waals surface area contributed by atoms with Gasteiger partial charge in [0, 0.05) is 29.0 Å². The number of aliphatic hydroxyl groups is 1. The molecule has 7 nitrogen and oxygen atoms in total. The molecule has 31 heavy (non-hydrogen) atoms. The van der Waals surface area contributed by atoms with Crippen molar-refractivity contribution in [3.63, 3.8) is 0 Å². The summed E-state index contributed by atoms with van der Waals surface area (Å²) in [6.07, 6.45) is 3.51. The number of aliphatic hydroxyl groups excluding tert-OH is 1. The fourth-order valence-electron chi connectivity index (χ4n) is 3.03. The molecule has 0 unspecified atom stereocenters. The van der Waals surface area contributed by atoms with Crippen molar-refractivity contribution in [2.45, 2.75) is 39.8 Å². The highest BCUT2D eigenvalue weighted by Gasteiger charge is 2.18. The topological polar surface area (TPSA) is 103 Å². The van der Waals surface area contributed by atoms with Crippen LogP contribution in [0.2, 0.25) is 5.02 Å². The van der Waals surface area contributed by atoms with Crippen LogP contribution in [0.15, 0.2) is 42.7 Å². The SMILES string of the molecule is Cc1cnc(N[C@H](C)C(C)C)nc1-c1c[nH]c(C(=O)N[C@H](CO)c2cccc(Cl)c2)c1. The van der Waals surface area contributed by atoms with Crippen LogP contribution in [0.25, 0.3) is 11.3 Å². The average Bonchev–Trinajstić information content (AvgIpc) is 3.23. The molecule has 3 aromatic rings. The van der Waals surface area contributed by atoms with E-state index in [1.807, 2.05) is 13.0 Å². The number of nitrogens with zero attached hydrogens (tertiary/aromatic N) is 2. The lowest BCUT2D eigenvalue weighted by Gasteiger charge is -2.18. The van der Waals surface area contributed by atoms with E-state index >= 15 is 0 Å². The standard InChI is InChI=1S/C23H28ClN5O2/c1-13(2)15(4)27-23-26-10-14(3)21(29-23)17-9-19(25-11-17)22(31)28-20(12-30)16-6-5-7-18(24)8-16/h5-11,13,15,20,25,30H,12H2,1-4H3,(H,28,31)(H,26,27,29)/t15-,20-/m1/s1. The molecule has 2 atom stereocenters. The maximum Gasteiger partial charge on any atom is 0.268 e. The Morgan fingerprint density at radius 3 is 2.71 bits per heavy atom. The van der Waals surface area contributed by atoms with Crippen LogP contribution in [0.5, 0.6) is 0 Å². The molecule has 0 bridgehead atoms. The number of aryl methyl sites for hydroxylation is 1. The number of carbonyl (C=O) groups is 1. The number of aromatic nitrogens is 3. The minimum atomic E-state index is -0.563. The molecule has 0 aliphatic rings. The summed E-state index contributed by atoms with van der Waals surface area (Å²) in [5, 5.41) is 16.4. The molecule has 2 heterocycles. The molecular weight excluding hydrogens is 414 g/mol. The molecule has 0 spiro atoms. The van der Waals surface area contributed by atoms with Crippen molar-refractivity contribution in [3.05, 3.63) is 64.6 Å². The van der Waals surface area contributed by atoms with Crippen molar-refractivity contribution >= 4 is 23.5 Å². The molecule has 3 rings (SSSR count). The molecule has 0 saturated carbocycles. The lowest BCUT2D eigenvalue weighted by Crippen LogP contribution is -2.31. The molecule has 0 aliphatic heterocycles. The number of rotatable bonds is 8. The predicted molar refractivity (Wildman–Crippen MR) is 123 cm³/mol. The van der Waals surface area contributed by atoms with E-state index in [-0.39, 0.29) is 18.6 Å². The summed E-state index contributed by atoms with van der Waals surface area (Å²) in [6.45, 7) is 8.04. The summed E-state index contributed by atoms with van der Waals surface area (Å²) in [7, 11) is 0. The number of halogens is 1. The lowest BCUT2D eigenvalue weighted by atomic mass is 10.1. The van der Waals surface area contributed by atoms with Crippen LogP contribution in [0, 0.1) is 12.8 Å². The van der Waals surface area contributed by atoms with Gasteiger partial charge in [-0.05, 0) is 49.1 Å². The number of nitrogens with one attached hydrogen (secondary N) is 3. The normalized spacial score (nSPS) is 13.1. The van der Waals surface area contributed by atoms with Crippen LogP contribution in [0.4, 0.5) is 5.95 Å². The Morgan fingerprint density at radius 2 is 2.03 bits per heavy atom. The van der Waals surface area contributed by atoms with Gasteiger partial charge in [-0.2, -0.15) is 0 Å². The summed E-state index contributed by atoms with van der Waals surface area (Å²) >= 11 is 6.03. The van der Waals surface area contributed by atoms with E-state index in [2.05, 4.69) is 46.4 Å². The fraction of sp³-hybridized carbons (Fsp3) is 0.348. The zero-order valence-corrected chi connectivity index (χ0v) is 18.9. The molecular formula is C23H28ClN5O2. The van der Waals surface area contributed by atoms with E-state index in [4.69, 9.17) is 11.6 Å². The van der Waals surface area contributed by atoms with Crippen molar-refractivity contribution in [2.24, 2.45) is 5.92 Å². The van der Waals surface area contributed by atoms with Gasteiger partial charge in [-0.1, -0.05) is 37.6 Å². The van der Waals surface area contributed by atoms with E-state index in [1.54, 1.807) is 36.7 Å². The van der Waals surface area contributed by atoms with Crippen molar-refractivity contribution in [3.8, 4) is 11.3 Å². The van der Waals surface area contributed by atoms with Gasteiger partial charge in [-0.25, -0.2) is 9.97 Å². The zero-order chi connectivity index (χ0) is 22.5. The number of benzene rings is 1. The number of hydrogen-bond donors (Lipinski definition) is 4. The summed E-state index contributed by atoms with van der Waals surface area (Å²) in [4.78, 5) is 24.8. The molecule has 0 fully saturated rings. The average molecular weight is 442 g/mol. The molecule has 0 aliphatic carbocycles. The van der Waals surface area contributed by atoms with Gasteiger partial charge in [0.15, 0.2) is 0 Å². The lowest BCUT2D eigenvalue weighted by molar-refractivity contribution is 0.0912. The van der Waals surface area contributed by atoms with Crippen molar-refractivity contribution in [1.29, 1.82) is 0 Å². The van der Waals surface area contributed by atoms with E-state index in [1.165, 1.54) is 0 Å².